The molecule has 0 aromatic heterocycles. The molecule has 0 spiro atoms. The first-order valence-electron chi connectivity index (χ1n) is 9.18. The lowest BCUT2D eigenvalue weighted by Crippen LogP contribution is -3.08. The highest BCUT2D eigenvalue weighted by Crippen LogP contribution is 2.20. The summed E-state index contributed by atoms with van der Waals surface area (Å²) in [6.07, 6.45) is 0. The molecular weight excluding hydrogens is 381 g/mol. The lowest BCUT2D eigenvalue weighted by Gasteiger charge is -2.22. The average molecular weight is 407 g/mol. The number of aryl methyl sites for hydroxylation is 1. The van der Waals surface area contributed by atoms with Gasteiger partial charge in [0, 0.05) is 22.8 Å². The second-order valence-corrected chi connectivity index (χ2v) is 7.29. The van der Waals surface area contributed by atoms with Crippen molar-refractivity contribution in [1.82, 2.24) is 4.90 Å². The van der Waals surface area contributed by atoms with Crippen molar-refractivity contribution < 1.29 is 18.9 Å². The number of hydrogen-bond acceptors (Lipinski definition) is 2. The third-order valence-electron chi connectivity index (χ3n) is 4.39. The molecule has 0 aliphatic carbocycles. The first kappa shape index (κ1) is 21.9. The highest BCUT2D eigenvalue weighted by molar-refractivity contribution is 6.31. The van der Waals surface area contributed by atoms with Gasteiger partial charge < -0.3 is 15.1 Å². The molecule has 1 unspecified atom stereocenters. The van der Waals surface area contributed by atoms with E-state index in [2.05, 4.69) is 5.32 Å². The molecule has 2 aromatic carbocycles. The van der Waals surface area contributed by atoms with Crippen LogP contribution in [0.5, 0.6) is 0 Å². The van der Waals surface area contributed by atoms with E-state index >= 15 is 0 Å². The second-order valence-electron chi connectivity index (χ2n) is 6.86. The summed E-state index contributed by atoms with van der Waals surface area (Å²) in [6.45, 7) is 4.84. The van der Waals surface area contributed by atoms with E-state index in [-0.39, 0.29) is 30.7 Å². The molecule has 28 heavy (non-hydrogen) atoms. The highest BCUT2D eigenvalue weighted by Gasteiger charge is 2.20. The van der Waals surface area contributed by atoms with Gasteiger partial charge in [-0.25, -0.2) is 4.39 Å². The number of rotatable bonds is 8. The molecule has 5 nitrogen and oxygen atoms in total. The maximum absolute atomic E-state index is 13.3. The molecule has 0 radical (unpaired) electrons. The summed E-state index contributed by atoms with van der Waals surface area (Å²) in [7, 11) is 1.87. The Hall–Kier alpha value is -2.44. The van der Waals surface area contributed by atoms with E-state index in [9.17, 15) is 14.0 Å². The van der Waals surface area contributed by atoms with E-state index in [0.717, 1.165) is 16.0 Å². The van der Waals surface area contributed by atoms with E-state index in [1.807, 2.05) is 33.0 Å². The van der Waals surface area contributed by atoms with Crippen LogP contribution in [0.3, 0.4) is 0 Å². The van der Waals surface area contributed by atoms with Crippen LogP contribution in [-0.4, -0.2) is 43.4 Å². The number of anilines is 1. The second kappa shape index (κ2) is 10.2. The molecular formula is C21H26ClFN3O2+. The standard InChI is InChI=1S/C21H25ClFN3O2/c1-4-26(13-20(27)24-19-11-17(22)9-8-15(19)2)21(28)14-25(3)12-16-6-5-7-18(23)10-16/h5-11H,4,12-14H2,1-3H3,(H,24,27)/p+1. The van der Waals surface area contributed by atoms with Gasteiger partial charge in [0.25, 0.3) is 5.91 Å². The number of nitrogens with one attached hydrogen (secondary N) is 2. The van der Waals surface area contributed by atoms with Crippen LogP contribution in [0.2, 0.25) is 5.02 Å². The SMILES string of the molecule is CCN(CC(=O)Nc1cc(Cl)ccc1C)C(=O)C[NH+](C)Cc1cccc(F)c1. The fourth-order valence-corrected chi connectivity index (χ4v) is 3.07. The van der Waals surface area contributed by atoms with Crippen molar-refractivity contribution in [2.24, 2.45) is 0 Å². The van der Waals surface area contributed by atoms with Crippen molar-refractivity contribution in [2.45, 2.75) is 20.4 Å². The number of halogens is 2. The first-order valence-corrected chi connectivity index (χ1v) is 9.55. The van der Waals surface area contributed by atoms with Crippen molar-refractivity contribution >= 4 is 29.1 Å². The Morgan fingerprint density at radius 1 is 1.21 bits per heavy atom. The Labute approximate surface area is 170 Å². The molecule has 2 N–H and O–H groups in total. The van der Waals surface area contributed by atoms with Crippen LogP contribution in [0.1, 0.15) is 18.1 Å². The number of hydrogen-bond donors (Lipinski definition) is 2. The molecule has 2 rings (SSSR count). The Bertz CT molecular complexity index is 844. The first-order chi connectivity index (χ1) is 13.3. The molecule has 0 saturated heterocycles. The van der Waals surface area contributed by atoms with Gasteiger partial charge >= 0.3 is 0 Å². The van der Waals surface area contributed by atoms with Gasteiger partial charge in [-0.05, 0) is 43.7 Å². The summed E-state index contributed by atoms with van der Waals surface area (Å²) in [5.74, 6) is -0.697. The van der Waals surface area contributed by atoms with Crippen molar-refractivity contribution in [3.05, 3.63) is 64.4 Å². The van der Waals surface area contributed by atoms with Crippen LogP contribution >= 0.6 is 11.6 Å². The zero-order valence-electron chi connectivity index (χ0n) is 16.4. The smallest absolute Gasteiger partial charge is 0.278 e. The number of likely N-dealkylation sites (N-methyl/N-ethyl adjacent to an activating group) is 2. The quantitative estimate of drug-likeness (QED) is 0.706. The summed E-state index contributed by atoms with van der Waals surface area (Å²) in [4.78, 5) is 27.4. The van der Waals surface area contributed by atoms with Gasteiger partial charge in [0.15, 0.2) is 6.54 Å². The average Bonchev–Trinajstić information content (AvgIpc) is 2.62. The Kier molecular flexibility index (Phi) is 7.96. The molecule has 0 aliphatic rings. The van der Waals surface area contributed by atoms with Crippen LogP contribution < -0.4 is 10.2 Å². The van der Waals surface area contributed by atoms with Gasteiger partial charge in [0.2, 0.25) is 5.91 Å². The minimum Gasteiger partial charge on any atom is -0.329 e. The number of amides is 2. The van der Waals surface area contributed by atoms with Crippen LogP contribution in [0.4, 0.5) is 10.1 Å². The van der Waals surface area contributed by atoms with E-state index in [0.29, 0.717) is 23.8 Å². The molecule has 0 heterocycles. The number of quaternary nitrogens is 1. The van der Waals surface area contributed by atoms with Crippen LogP contribution in [-0.2, 0) is 16.1 Å². The molecule has 0 bridgehead atoms. The van der Waals surface area contributed by atoms with E-state index in [1.54, 1.807) is 18.2 Å². The topological polar surface area (TPSA) is 53.9 Å². The predicted molar refractivity (Wildman–Crippen MR) is 109 cm³/mol. The fraction of sp³-hybridized carbons (Fsp3) is 0.333. The zero-order chi connectivity index (χ0) is 20.7. The zero-order valence-corrected chi connectivity index (χ0v) is 17.1. The lowest BCUT2D eigenvalue weighted by atomic mass is 10.2. The van der Waals surface area contributed by atoms with E-state index in [4.69, 9.17) is 11.6 Å². The molecule has 0 saturated carbocycles. The Balaban J connectivity index is 1.91. The van der Waals surface area contributed by atoms with E-state index in [1.165, 1.54) is 17.0 Å². The van der Waals surface area contributed by atoms with Crippen molar-refractivity contribution in [1.29, 1.82) is 0 Å². The highest BCUT2D eigenvalue weighted by atomic mass is 35.5. The molecule has 2 amide bonds. The molecule has 0 fully saturated rings. The third-order valence-corrected chi connectivity index (χ3v) is 4.63. The minimum atomic E-state index is -0.292. The Morgan fingerprint density at radius 3 is 2.64 bits per heavy atom. The number of carbonyl (C=O) groups is 2. The van der Waals surface area contributed by atoms with Crippen molar-refractivity contribution in [3.63, 3.8) is 0 Å². The summed E-state index contributed by atoms with van der Waals surface area (Å²) in [5.41, 5.74) is 2.35. The molecule has 7 heteroatoms. The maximum atomic E-state index is 13.3. The number of benzene rings is 2. The lowest BCUT2D eigenvalue weighted by molar-refractivity contribution is -0.885. The van der Waals surface area contributed by atoms with Gasteiger partial charge in [0.1, 0.15) is 18.9 Å². The largest absolute Gasteiger partial charge is 0.329 e. The third kappa shape index (κ3) is 6.62. The van der Waals surface area contributed by atoms with Gasteiger partial charge in [-0.2, -0.15) is 0 Å². The van der Waals surface area contributed by atoms with Gasteiger partial charge in [-0.15, -0.1) is 0 Å². The predicted octanol–water partition coefficient (Wildman–Crippen LogP) is 2.29. The summed E-state index contributed by atoms with van der Waals surface area (Å²) < 4.78 is 13.3. The van der Waals surface area contributed by atoms with Crippen LogP contribution in [0.25, 0.3) is 0 Å². The maximum Gasteiger partial charge on any atom is 0.278 e. The summed E-state index contributed by atoms with van der Waals surface area (Å²) >= 11 is 5.98. The Morgan fingerprint density at radius 2 is 1.96 bits per heavy atom. The summed E-state index contributed by atoms with van der Waals surface area (Å²) in [5, 5.41) is 3.34. The normalized spacial score (nSPS) is 11.8. The van der Waals surface area contributed by atoms with Crippen molar-refractivity contribution in [3.8, 4) is 0 Å². The summed E-state index contributed by atoms with van der Waals surface area (Å²) in [6, 6.07) is 11.6. The monoisotopic (exact) mass is 406 g/mol. The van der Waals surface area contributed by atoms with Crippen molar-refractivity contribution in [2.75, 3.05) is 32.0 Å². The van der Waals surface area contributed by atoms with Crippen LogP contribution in [0, 0.1) is 12.7 Å². The molecule has 150 valence electrons. The van der Waals surface area contributed by atoms with Gasteiger partial charge in [-0.3, -0.25) is 9.59 Å². The van der Waals surface area contributed by atoms with E-state index < -0.39 is 0 Å². The molecule has 0 aliphatic heterocycles. The van der Waals surface area contributed by atoms with Gasteiger partial charge in [0.05, 0.1) is 7.05 Å². The minimum absolute atomic E-state index is 0.0332. The number of carbonyl (C=O) groups excluding carboxylic acids is 2. The molecule has 2 aromatic rings. The number of nitrogens with zero attached hydrogens (tertiary/aromatic N) is 1. The van der Waals surface area contributed by atoms with Gasteiger partial charge in [-0.1, -0.05) is 29.8 Å². The van der Waals surface area contributed by atoms with Crippen LogP contribution in [0.15, 0.2) is 42.5 Å². The fourth-order valence-electron chi connectivity index (χ4n) is 2.90. The molecule has 1 atom stereocenters.